The molecule has 1 heterocycles. The van der Waals surface area contributed by atoms with Crippen molar-refractivity contribution in [2.24, 2.45) is 0 Å². The standard InChI is InChI=1S/C13H13N3O2/c1-2-11-13(16-18-15-11)14-12(17)9-8-10-6-4-3-5-7-10/h3-9H,2H2,1H3,(H,14,16,17)/b9-8+. The lowest BCUT2D eigenvalue weighted by atomic mass is 10.2. The van der Waals surface area contributed by atoms with Gasteiger partial charge in [-0.15, -0.1) is 0 Å². The molecule has 0 atom stereocenters. The molecule has 5 heteroatoms. The van der Waals surface area contributed by atoms with E-state index >= 15 is 0 Å². The van der Waals surface area contributed by atoms with Crippen LogP contribution in [0.2, 0.25) is 0 Å². The summed E-state index contributed by atoms with van der Waals surface area (Å²) in [5.41, 5.74) is 1.60. The Morgan fingerprint density at radius 3 is 2.83 bits per heavy atom. The van der Waals surface area contributed by atoms with Gasteiger partial charge in [0.1, 0.15) is 5.69 Å². The zero-order chi connectivity index (χ0) is 12.8. The number of benzene rings is 1. The Morgan fingerprint density at radius 1 is 1.33 bits per heavy atom. The molecule has 92 valence electrons. The second-order valence-corrected chi connectivity index (χ2v) is 3.65. The number of amides is 1. The summed E-state index contributed by atoms with van der Waals surface area (Å²) in [4.78, 5) is 11.6. The SMILES string of the molecule is CCc1nonc1NC(=O)/C=C/c1ccccc1. The van der Waals surface area contributed by atoms with Crippen molar-refractivity contribution in [2.75, 3.05) is 5.32 Å². The van der Waals surface area contributed by atoms with E-state index in [0.717, 1.165) is 5.56 Å². The highest BCUT2D eigenvalue weighted by molar-refractivity contribution is 6.01. The van der Waals surface area contributed by atoms with Crippen molar-refractivity contribution in [3.05, 3.63) is 47.7 Å². The lowest BCUT2D eigenvalue weighted by Crippen LogP contribution is -2.09. The van der Waals surface area contributed by atoms with Gasteiger partial charge < -0.3 is 5.32 Å². The number of hydrogen-bond donors (Lipinski definition) is 1. The van der Waals surface area contributed by atoms with Gasteiger partial charge in [0.05, 0.1) is 0 Å². The molecule has 1 aromatic heterocycles. The first-order valence-electron chi connectivity index (χ1n) is 5.65. The van der Waals surface area contributed by atoms with Crippen molar-refractivity contribution in [3.63, 3.8) is 0 Å². The molecule has 0 aliphatic heterocycles. The molecule has 2 rings (SSSR count). The fourth-order valence-corrected chi connectivity index (χ4v) is 1.43. The van der Waals surface area contributed by atoms with Crippen molar-refractivity contribution < 1.29 is 9.42 Å². The highest BCUT2D eigenvalue weighted by Gasteiger charge is 2.09. The van der Waals surface area contributed by atoms with E-state index in [2.05, 4.69) is 20.3 Å². The van der Waals surface area contributed by atoms with Crippen LogP contribution in [-0.4, -0.2) is 16.2 Å². The van der Waals surface area contributed by atoms with Crippen LogP contribution >= 0.6 is 0 Å². The number of rotatable bonds is 4. The van der Waals surface area contributed by atoms with Crippen LogP contribution in [-0.2, 0) is 11.2 Å². The third-order valence-electron chi connectivity index (χ3n) is 2.36. The molecule has 1 amide bonds. The van der Waals surface area contributed by atoms with Crippen LogP contribution in [0.3, 0.4) is 0 Å². The van der Waals surface area contributed by atoms with Crippen molar-refractivity contribution in [1.29, 1.82) is 0 Å². The first-order valence-corrected chi connectivity index (χ1v) is 5.65. The fourth-order valence-electron chi connectivity index (χ4n) is 1.43. The summed E-state index contributed by atoms with van der Waals surface area (Å²) in [6.45, 7) is 1.91. The minimum absolute atomic E-state index is 0.260. The molecule has 0 unspecified atom stereocenters. The van der Waals surface area contributed by atoms with E-state index in [1.807, 2.05) is 37.3 Å². The van der Waals surface area contributed by atoms with Gasteiger partial charge in [0.25, 0.3) is 0 Å². The maximum atomic E-state index is 11.6. The second kappa shape index (κ2) is 5.77. The van der Waals surface area contributed by atoms with Crippen LogP contribution in [0.4, 0.5) is 5.82 Å². The summed E-state index contributed by atoms with van der Waals surface area (Å²) in [7, 11) is 0. The van der Waals surface area contributed by atoms with Crippen molar-refractivity contribution in [1.82, 2.24) is 10.3 Å². The van der Waals surface area contributed by atoms with Crippen LogP contribution in [0.5, 0.6) is 0 Å². The summed E-state index contributed by atoms with van der Waals surface area (Å²) < 4.78 is 4.56. The number of carbonyl (C=O) groups excluding carboxylic acids is 1. The summed E-state index contributed by atoms with van der Waals surface area (Å²) in [6, 6.07) is 9.58. The first kappa shape index (κ1) is 12.0. The van der Waals surface area contributed by atoms with Crippen molar-refractivity contribution in [2.45, 2.75) is 13.3 Å². The molecular formula is C13H13N3O2. The number of nitrogens with one attached hydrogen (secondary N) is 1. The van der Waals surface area contributed by atoms with Gasteiger partial charge in [-0.1, -0.05) is 42.4 Å². The maximum Gasteiger partial charge on any atom is 0.249 e. The highest BCUT2D eigenvalue weighted by atomic mass is 16.6. The Labute approximate surface area is 104 Å². The molecule has 0 fully saturated rings. The molecular weight excluding hydrogens is 230 g/mol. The Bertz CT molecular complexity index is 546. The quantitative estimate of drug-likeness (QED) is 0.836. The van der Waals surface area contributed by atoms with Gasteiger partial charge in [-0.05, 0) is 23.2 Å². The monoisotopic (exact) mass is 243 g/mol. The Balaban J connectivity index is 1.99. The van der Waals surface area contributed by atoms with E-state index in [1.165, 1.54) is 6.08 Å². The van der Waals surface area contributed by atoms with E-state index in [0.29, 0.717) is 17.9 Å². The lowest BCUT2D eigenvalue weighted by Gasteiger charge is -1.97. The zero-order valence-corrected chi connectivity index (χ0v) is 9.96. The molecule has 1 aromatic carbocycles. The number of aryl methyl sites for hydroxylation is 1. The molecule has 0 aliphatic carbocycles. The van der Waals surface area contributed by atoms with E-state index in [1.54, 1.807) is 6.08 Å². The van der Waals surface area contributed by atoms with Crippen molar-refractivity contribution >= 4 is 17.8 Å². The van der Waals surface area contributed by atoms with Crippen LogP contribution < -0.4 is 5.32 Å². The molecule has 0 aliphatic rings. The predicted molar refractivity (Wildman–Crippen MR) is 67.8 cm³/mol. The number of aromatic nitrogens is 2. The molecule has 18 heavy (non-hydrogen) atoms. The van der Waals surface area contributed by atoms with Gasteiger partial charge in [0, 0.05) is 6.08 Å². The Hall–Kier alpha value is -2.43. The van der Waals surface area contributed by atoms with Crippen LogP contribution in [0.1, 0.15) is 18.2 Å². The smallest absolute Gasteiger partial charge is 0.249 e. The summed E-state index contributed by atoms with van der Waals surface area (Å²) in [5.74, 6) is 0.115. The Morgan fingerprint density at radius 2 is 2.11 bits per heavy atom. The van der Waals surface area contributed by atoms with E-state index in [-0.39, 0.29) is 5.91 Å². The second-order valence-electron chi connectivity index (χ2n) is 3.65. The minimum Gasteiger partial charge on any atom is -0.303 e. The summed E-state index contributed by atoms with van der Waals surface area (Å²) in [6.07, 6.45) is 3.83. The topological polar surface area (TPSA) is 68.0 Å². The van der Waals surface area contributed by atoms with Gasteiger partial charge >= 0.3 is 0 Å². The third kappa shape index (κ3) is 3.04. The number of carbonyl (C=O) groups is 1. The molecule has 5 nitrogen and oxygen atoms in total. The number of nitrogens with zero attached hydrogens (tertiary/aromatic N) is 2. The van der Waals surface area contributed by atoms with Crippen LogP contribution in [0, 0.1) is 0 Å². The number of anilines is 1. The maximum absolute atomic E-state index is 11.6. The number of hydrogen-bond acceptors (Lipinski definition) is 4. The lowest BCUT2D eigenvalue weighted by molar-refractivity contribution is -0.111. The molecule has 1 N–H and O–H groups in total. The normalized spacial score (nSPS) is 10.7. The van der Waals surface area contributed by atoms with Gasteiger partial charge in [-0.2, -0.15) is 0 Å². The van der Waals surface area contributed by atoms with Gasteiger partial charge in [0.2, 0.25) is 11.7 Å². The molecule has 0 saturated carbocycles. The largest absolute Gasteiger partial charge is 0.303 e. The summed E-state index contributed by atoms with van der Waals surface area (Å²) in [5, 5.41) is 9.93. The molecule has 0 saturated heterocycles. The highest BCUT2D eigenvalue weighted by Crippen LogP contribution is 2.09. The van der Waals surface area contributed by atoms with Crippen LogP contribution in [0.15, 0.2) is 41.0 Å². The minimum atomic E-state index is -0.260. The average molecular weight is 243 g/mol. The first-order chi connectivity index (χ1) is 8.79. The molecule has 2 aromatic rings. The van der Waals surface area contributed by atoms with Crippen LogP contribution in [0.25, 0.3) is 6.08 Å². The molecule has 0 bridgehead atoms. The third-order valence-corrected chi connectivity index (χ3v) is 2.36. The molecule has 0 spiro atoms. The van der Waals surface area contributed by atoms with E-state index in [4.69, 9.17) is 0 Å². The van der Waals surface area contributed by atoms with Gasteiger partial charge in [-0.25, -0.2) is 4.63 Å². The molecule has 0 radical (unpaired) electrons. The fraction of sp³-hybridized carbons (Fsp3) is 0.154. The Kier molecular flexibility index (Phi) is 3.86. The average Bonchev–Trinajstić information content (AvgIpc) is 2.85. The van der Waals surface area contributed by atoms with E-state index in [9.17, 15) is 4.79 Å². The van der Waals surface area contributed by atoms with E-state index < -0.39 is 0 Å². The van der Waals surface area contributed by atoms with Crippen molar-refractivity contribution in [3.8, 4) is 0 Å². The van der Waals surface area contributed by atoms with Gasteiger partial charge in [0.15, 0.2) is 0 Å². The zero-order valence-electron chi connectivity index (χ0n) is 9.96. The summed E-state index contributed by atoms with van der Waals surface area (Å²) >= 11 is 0. The predicted octanol–water partition coefficient (Wildman–Crippen LogP) is 2.28. The van der Waals surface area contributed by atoms with Gasteiger partial charge in [-0.3, -0.25) is 4.79 Å².